The van der Waals surface area contributed by atoms with Crippen LogP contribution in [0.15, 0.2) is 60.7 Å². The molecule has 0 unspecified atom stereocenters. The molecular formula is C18H18O3. The maximum absolute atomic E-state index is 11.7. The van der Waals surface area contributed by atoms with Crippen LogP contribution < -0.4 is 9.47 Å². The van der Waals surface area contributed by atoms with Crippen LogP contribution in [0.2, 0.25) is 0 Å². The Kier molecular flexibility index (Phi) is 5.59. The second-order valence-corrected chi connectivity index (χ2v) is 4.48. The average Bonchev–Trinajstić information content (AvgIpc) is 2.53. The largest absolute Gasteiger partial charge is 0.494 e. The van der Waals surface area contributed by atoms with E-state index in [-0.39, 0.29) is 0 Å². The average molecular weight is 282 g/mol. The summed E-state index contributed by atoms with van der Waals surface area (Å²) in [6.45, 7) is 2.73. The van der Waals surface area contributed by atoms with E-state index in [9.17, 15) is 4.79 Å². The monoisotopic (exact) mass is 282 g/mol. The fraction of sp³-hybridized carbons (Fsp3) is 0.167. The summed E-state index contributed by atoms with van der Waals surface area (Å²) < 4.78 is 10.7. The topological polar surface area (TPSA) is 35.5 Å². The summed E-state index contributed by atoms with van der Waals surface area (Å²) in [7, 11) is 0. The first-order valence-corrected chi connectivity index (χ1v) is 6.96. The highest BCUT2D eigenvalue weighted by Gasteiger charge is 2.01. The lowest BCUT2D eigenvalue weighted by Gasteiger charge is -2.05. The van der Waals surface area contributed by atoms with E-state index >= 15 is 0 Å². The van der Waals surface area contributed by atoms with E-state index in [4.69, 9.17) is 9.47 Å². The Balaban J connectivity index is 1.89. The van der Waals surface area contributed by atoms with Crippen molar-refractivity contribution in [2.45, 2.75) is 13.3 Å². The molecule has 0 saturated carbocycles. The van der Waals surface area contributed by atoms with Crippen LogP contribution in [-0.2, 0) is 4.79 Å². The molecule has 0 amide bonds. The molecule has 0 heterocycles. The fourth-order valence-electron chi connectivity index (χ4n) is 1.70. The van der Waals surface area contributed by atoms with Crippen LogP contribution in [0.3, 0.4) is 0 Å². The van der Waals surface area contributed by atoms with E-state index in [2.05, 4.69) is 6.92 Å². The second kappa shape index (κ2) is 7.90. The number of hydrogen-bond acceptors (Lipinski definition) is 3. The molecule has 2 aromatic carbocycles. The predicted molar refractivity (Wildman–Crippen MR) is 83.3 cm³/mol. The summed E-state index contributed by atoms with van der Waals surface area (Å²) in [4.78, 5) is 11.7. The van der Waals surface area contributed by atoms with Crippen LogP contribution in [0, 0.1) is 0 Å². The Hall–Kier alpha value is -2.55. The Bertz CT molecular complexity index is 586. The normalized spacial score (nSPS) is 10.5. The van der Waals surface area contributed by atoms with Gasteiger partial charge in [0, 0.05) is 6.08 Å². The number of benzene rings is 2. The maximum Gasteiger partial charge on any atom is 0.336 e. The molecule has 0 radical (unpaired) electrons. The van der Waals surface area contributed by atoms with Gasteiger partial charge in [0.05, 0.1) is 6.61 Å². The summed E-state index contributed by atoms with van der Waals surface area (Å²) in [5.41, 5.74) is 0.956. The van der Waals surface area contributed by atoms with Crippen molar-refractivity contribution in [2.75, 3.05) is 6.61 Å². The molecule has 0 aliphatic carbocycles. The third-order valence-corrected chi connectivity index (χ3v) is 2.73. The summed E-state index contributed by atoms with van der Waals surface area (Å²) in [6, 6.07) is 16.6. The van der Waals surface area contributed by atoms with Gasteiger partial charge in [-0.1, -0.05) is 37.3 Å². The van der Waals surface area contributed by atoms with E-state index in [1.165, 1.54) is 6.08 Å². The zero-order chi connectivity index (χ0) is 14.9. The molecule has 0 aliphatic rings. The third-order valence-electron chi connectivity index (χ3n) is 2.73. The molecule has 108 valence electrons. The smallest absolute Gasteiger partial charge is 0.336 e. The highest BCUT2D eigenvalue weighted by molar-refractivity contribution is 5.88. The van der Waals surface area contributed by atoms with Gasteiger partial charge in [-0.3, -0.25) is 0 Å². The minimum atomic E-state index is -0.402. The lowest BCUT2D eigenvalue weighted by Crippen LogP contribution is -2.03. The maximum atomic E-state index is 11.7. The van der Waals surface area contributed by atoms with Gasteiger partial charge in [0.15, 0.2) is 0 Å². The molecule has 0 spiro atoms. The standard InChI is InChI=1S/C18H18O3/c1-2-14-20-16-9-11-17(12-10-16)21-18(19)13-8-15-6-4-3-5-7-15/h3-13H,2,14H2,1H3. The van der Waals surface area contributed by atoms with Crippen molar-refractivity contribution < 1.29 is 14.3 Å². The molecule has 0 aromatic heterocycles. The van der Waals surface area contributed by atoms with Gasteiger partial charge >= 0.3 is 5.97 Å². The van der Waals surface area contributed by atoms with Crippen molar-refractivity contribution in [3.05, 3.63) is 66.2 Å². The Morgan fingerprint density at radius 3 is 2.33 bits per heavy atom. The first-order chi connectivity index (χ1) is 10.3. The molecule has 0 atom stereocenters. The quantitative estimate of drug-likeness (QED) is 0.454. The second-order valence-electron chi connectivity index (χ2n) is 4.48. The van der Waals surface area contributed by atoms with Gasteiger partial charge in [0.2, 0.25) is 0 Å². The van der Waals surface area contributed by atoms with Crippen molar-refractivity contribution in [2.24, 2.45) is 0 Å². The highest BCUT2D eigenvalue weighted by Crippen LogP contribution is 2.18. The number of carbonyl (C=O) groups excluding carboxylic acids is 1. The predicted octanol–water partition coefficient (Wildman–Crippen LogP) is 4.09. The van der Waals surface area contributed by atoms with Gasteiger partial charge in [0.1, 0.15) is 11.5 Å². The zero-order valence-corrected chi connectivity index (χ0v) is 12.0. The zero-order valence-electron chi connectivity index (χ0n) is 12.0. The first kappa shape index (κ1) is 14.9. The number of rotatable bonds is 6. The molecule has 0 saturated heterocycles. The molecular weight excluding hydrogens is 264 g/mol. The van der Waals surface area contributed by atoms with Gasteiger partial charge < -0.3 is 9.47 Å². The minimum Gasteiger partial charge on any atom is -0.494 e. The highest BCUT2D eigenvalue weighted by atomic mass is 16.5. The Labute approximate surface area is 124 Å². The Morgan fingerprint density at radius 1 is 1.00 bits per heavy atom. The molecule has 0 bridgehead atoms. The minimum absolute atomic E-state index is 0.402. The molecule has 2 aromatic rings. The van der Waals surface area contributed by atoms with E-state index in [1.807, 2.05) is 30.3 Å². The molecule has 0 aliphatic heterocycles. The van der Waals surface area contributed by atoms with Crippen molar-refractivity contribution in [1.29, 1.82) is 0 Å². The van der Waals surface area contributed by atoms with Crippen LogP contribution in [-0.4, -0.2) is 12.6 Å². The van der Waals surface area contributed by atoms with Gasteiger partial charge in [-0.25, -0.2) is 4.79 Å². The van der Waals surface area contributed by atoms with Gasteiger partial charge in [-0.05, 0) is 42.3 Å². The summed E-state index contributed by atoms with van der Waals surface area (Å²) >= 11 is 0. The van der Waals surface area contributed by atoms with Gasteiger partial charge in [-0.15, -0.1) is 0 Å². The SMILES string of the molecule is CCCOc1ccc(OC(=O)C=Cc2ccccc2)cc1. The first-order valence-electron chi connectivity index (χ1n) is 6.96. The van der Waals surface area contributed by atoms with Crippen molar-refractivity contribution >= 4 is 12.0 Å². The lowest BCUT2D eigenvalue weighted by atomic mass is 10.2. The lowest BCUT2D eigenvalue weighted by molar-refractivity contribution is -0.128. The van der Waals surface area contributed by atoms with E-state index in [0.29, 0.717) is 12.4 Å². The molecule has 2 rings (SSSR count). The van der Waals surface area contributed by atoms with Crippen molar-refractivity contribution in [3.63, 3.8) is 0 Å². The van der Waals surface area contributed by atoms with Crippen LogP contribution >= 0.6 is 0 Å². The van der Waals surface area contributed by atoms with E-state index in [0.717, 1.165) is 17.7 Å². The molecule has 0 N–H and O–H groups in total. The van der Waals surface area contributed by atoms with Crippen LogP contribution in [0.5, 0.6) is 11.5 Å². The number of carbonyl (C=O) groups is 1. The molecule has 0 fully saturated rings. The molecule has 3 nitrogen and oxygen atoms in total. The van der Waals surface area contributed by atoms with E-state index in [1.54, 1.807) is 30.3 Å². The fourth-order valence-corrected chi connectivity index (χ4v) is 1.70. The summed E-state index contributed by atoms with van der Waals surface area (Å²) in [5, 5.41) is 0. The van der Waals surface area contributed by atoms with Crippen LogP contribution in [0.4, 0.5) is 0 Å². The Morgan fingerprint density at radius 2 is 1.67 bits per heavy atom. The van der Waals surface area contributed by atoms with E-state index < -0.39 is 5.97 Å². The molecule has 21 heavy (non-hydrogen) atoms. The molecule has 3 heteroatoms. The van der Waals surface area contributed by atoms with Crippen molar-refractivity contribution in [1.82, 2.24) is 0 Å². The van der Waals surface area contributed by atoms with Gasteiger partial charge in [-0.2, -0.15) is 0 Å². The summed E-state index contributed by atoms with van der Waals surface area (Å²) in [6.07, 6.45) is 4.10. The number of ether oxygens (including phenoxy) is 2. The van der Waals surface area contributed by atoms with Crippen molar-refractivity contribution in [3.8, 4) is 11.5 Å². The van der Waals surface area contributed by atoms with Crippen LogP contribution in [0.25, 0.3) is 6.08 Å². The summed E-state index contributed by atoms with van der Waals surface area (Å²) in [5.74, 6) is 0.874. The number of hydrogen-bond donors (Lipinski definition) is 0. The third kappa shape index (κ3) is 5.15. The van der Waals surface area contributed by atoms with Crippen LogP contribution in [0.1, 0.15) is 18.9 Å². The van der Waals surface area contributed by atoms with Gasteiger partial charge in [0.25, 0.3) is 0 Å². The number of esters is 1.